The third-order valence-corrected chi connectivity index (χ3v) is 5.07. The Labute approximate surface area is 176 Å². The van der Waals surface area contributed by atoms with E-state index in [4.69, 9.17) is 16.3 Å². The van der Waals surface area contributed by atoms with Crippen molar-refractivity contribution in [3.05, 3.63) is 77.1 Å². The van der Waals surface area contributed by atoms with E-state index in [2.05, 4.69) is 10.4 Å². The lowest BCUT2D eigenvalue weighted by atomic mass is 10.1. The predicted octanol–water partition coefficient (Wildman–Crippen LogP) is 4.83. The highest BCUT2D eigenvalue weighted by molar-refractivity contribution is 6.30. The summed E-state index contributed by atoms with van der Waals surface area (Å²) < 4.78 is 7.05. The van der Waals surface area contributed by atoms with Crippen molar-refractivity contribution in [2.24, 2.45) is 0 Å². The first-order valence-corrected chi connectivity index (χ1v) is 9.87. The molecule has 152 valence electrons. The molecular formula is C22H25ClN4O2. The second-order valence-electron chi connectivity index (χ2n) is 6.67. The molecule has 0 fully saturated rings. The fraction of sp³-hybridized carbons (Fsp3) is 0.273. The maximum atomic E-state index is 12.8. The number of carbonyl (C=O) groups excluding carboxylic acids is 1. The molecule has 1 heterocycles. The first-order valence-electron chi connectivity index (χ1n) is 9.49. The molecule has 2 amide bonds. The Kier molecular flexibility index (Phi) is 6.77. The summed E-state index contributed by atoms with van der Waals surface area (Å²) >= 11 is 5.93. The van der Waals surface area contributed by atoms with Gasteiger partial charge in [-0.15, -0.1) is 0 Å². The van der Waals surface area contributed by atoms with Gasteiger partial charge < -0.3 is 15.0 Å². The number of rotatable bonds is 7. The van der Waals surface area contributed by atoms with Gasteiger partial charge in [0, 0.05) is 29.9 Å². The number of ether oxygens (including phenoxy) is 1. The van der Waals surface area contributed by atoms with Crippen LogP contribution in [0.15, 0.2) is 60.9 Å². The standard InChI is InChI=1S/C22H25ClN4O2/c1-4-26(16(2)18-6-5-7-21(12-18)29-3)22(28)24-13-17-14-25-27(15-17)20-10-8-19(23)9-11-20/h5-12,14-16H,4,13H2,1-3H3,(H,24,28). The molecule has 1 aromatic heterocycles. The Morgan fingerprint density at radius 2 is 2.03 bits per heavy atom. The third-order valence-electron chi connectivity index (χ3n) is 4.82. The van der Waals surface area contributed by atoms with Gasteiger partial charge in [0.1, 0.15) is 5.75 Å². The average molecular weight is 413 g/mol. The lowest BCUT2D eigenvalue weighted by Crippen LogP contribution is -2.41. The molecular weight excluding hydrogens is 388 g/mol. The van der Waals surface area contributed by atoms with Gasteiger partial charge in [0.15, 0.2) is 0 Å². The first kappa shape index (κ1) is 20.7. The number of hydrogen-bond acceptors (Lipinski definition) is 3. The minimum Gasteiger partial charge on any atom is -0.497 e. The van der Waals surface area contributed by atoms with Gasteiger partial charge in [-0.05, 0) is 55.8 Å². The van der Waals surface area contributed by atoms with Crippen molar-refractivity contribution in [1.82, 2.24) is 20.0 Å². The van der Waals surface area contributed by atoms with Crippen LogP contribution in [0, 0.1) is 0 Å². The van der Waals surface area contributed by atoms with E-state index in [0.29, 0.717) is 18.1 Å². The van der Waals surface area contributed by atoms with Crippen LogP contribution in [0.1, 0.15) is 31.0 Å². The number of benzene rings is 2. The highest BCUT2D eigenvalue weighted by Gasteiger charge is 2.20. The van der Waals surface area contributed by atoms with Crippen molar-refractivity contribution in [1.29, 1.82) is 0 Å². The fourth-order valence-electron chi connectivity index (χ4n) is 3.14. The van der Waals surface area contributed by atoms with Crippen molar-refractivity contribution in [2.75, 3.05) is 13.7 Å². The summed E-state index contributed by atoms with van der Waals surface area (Å²) in [4.78, 5) is 14.6. The van der Waals surface area contributed by atoms with Crippen molar-refractivity contribution >= 4 is 17.6 Å². The maximum Gasteiger partial charge on any atom is 0.318 e. The minimum absolute atomic E-state index is 0.0770. The molecule has 2 aromatic carbocycles. The lowest BCUT2D eigenvalue weighted by Gasteiger charge is -2.28. The van der Waals surface area contributed by atoms with E-state index in [1.54, 1.807) is 22.9 Å². The summed E-state index contributed by atoms with van der Waals surface area (Å²) in [7, 11) is 1.64. The van der Waals surface area contributed by atoms with Gasteiger partial charge in [-0.1, -0.05) is 23.7 Å². The molecule has 7 heteroatoms. The molecule has 0 aliphatic carbocycles. The van der Waals surface area contributed by atoms with Gasteiger partial charge >= 0.3 is 6.03 Å². The number of carbonyl (C=O) groups is 1. The van der Waals surface area contributed by atoms with E-state index >= 15 is 0 Å². The summed E-state index contributed by atoms with van der Waals surface area (Å²) in [6.07, 6.45) is 3.64. The summed E-state index contributed by atoms with van der Waals surface area (Å²) in [5.41, 5.74) is 2.85. The zero-order valence-corrected chi connectivity index (χ0v) is 17.6. The Morgan fingerprint density at radius 1 is 1.28 bits per heavy atom. The summed E-state index contributed by atoms with van der Waals surface area (Å²) in [5.74, 6) is 0.778. The number of methoxy groups -OCH3 is 1. The van der Waals surface area contributed by atoms with Crippen molar-refractivity contribution in [3.8, 4) is 11.4 Å². The van der Waals surface area contributed by atoms with Gasteiger partial charge in [-0.2, -0.15) is 5.10 Å². The van der Waals surface area contributed by atoms with Gasteiger partial charge in [0.2, 0.25) is 0 Å². The summed E-state index contributed by atoms with van der Waals surface area (Å²) in [6.45, 7) is 4.97. The highest BCUT2D eigenvalue weighted by Crippen LogP contribution is 2.24. The number of nitrogens with one attached hydrogen (secondary N) is 1. The highest BCUT2D eigenvalue weighted by atomic mass is 35.5. The van der Waals surface area contributed by atoms with Gasteiger partial charge in [0.25, 0.3) is 0 Å². The normalized spacial score (nSPS) is 11.7. The number of hydrogen-bond donors (Lipinski definition) is 1. The average Bonchev–Trinajstić information content (AvgIpc) is 3.22. The molecule has 6 nitrogen and oxygen atoms in total. The van der Waals surface area contributed by atoms with E-state index in [0.717, 1.165) is 22.6 Å². The van der Waals surface area contributed by atoms with Gasteiger partial charge in [0.05, 0.1) is 25.0 Å². The van der Waals surface area contributed by atoms with Gasteiger partial charge in [-0.3, -0.25) is 0 Å². The largest absolute Gasteiger partial charge is 0.497 e. The monoisotopic (exact) mass is 412 g/mol. The predicted molar refractivity (Wildman–Crippen MR) is 115 cm³/mol. The molecule has 29 heavy (non-hydrogen) atoms. The molecule has 0 aliphatic heterocycles. The van der Waals surface area contributed by atoms with Crippen molar-refractivity contribution in [2.45, 2.75) is 26.4 Å². The maximum absolute atomic E-state index is 12.8. The molecule has 1 unspecified atom stereocenters. The Morgan fingerprint density at radius 3 is 2.72 bits per heavy atom. The van der Waals surface area contributed by atoms with E-state index in [1.165, 1.54) is 0 Å². The second kappa shape index (κ2) is 9.47. The molecule has 0 bridgehead atoms. The molecule has 0 saturated carbocycles. The SMILES string of the molecule is CCN(C(=O)NCc1cnn(-c2ccc(Cl)cc2)c1)C(C)c1cccc(OC)c1. The van der Waals surface area contributed by atoms with Gasteiger partial charge in [-0.25, -0.2) is 9.48 Å². The molecule has 1 atom stereocenters. The van der Waals surface area contributed by atoms with Crippen LogP contribution >= 0.6 is 11.6 Å². The fourth-order valence-corrected chi connectivity index (χ4v) is 3.27. The van der Waals surface area contributed by atoms with E-state index < -0.39 is 0 Å². The van der Waals surface area contributed by atoms with Crippen LogP contribution in [-0.4, -0.2) is 34.4 Å². The molecule has 3 rings (SSSR count). The Balaban J connectivity index is 1.63. The summed E-state index contributed by atoms with van der Waals surface area (Å²) in [6, 6.07) is 15.0. The number of aromatic nitrogens is 2. The number of nitrogens with zero attached hydrogens (tertiary/aromatic N) is 3. The first-order chi connectivity index (χ1) is 14.0. The molecule has 0 radical (unpaired) electrons. The lowest BCUT2D eigenvalue weighted by molar-refractivity contribution is 0.182. The Hall–Kier alpha value is -2.99. The third kappa shape index (κ3) is 5.09. The molecule has 0 saturated heterocycles. The van der Waals surface area contributed by atoms with Crippen molar-refractivity contribution < 1.29 is 9.53 Å². The van der Waals surface area contributed by atoms with E-state index in [-0.39, 0.29) is 12.1 Å². The molecule has 3 aromatic rings. The number of halogens is 1. The van der Waals surface area contributed by atoms with Crippen LogP contribution in [0.25, 0.3) is 5.69 Å². The minimum atomic E-state index is -0.123. The quantitative estimate of drug-likeness (QED) is 0.604. The van der Waals surface area contributed by atoms with Crippen LogP contribution in [0.4, 0.5) is 4.79 Å². The molecule has 0 aliphatic rings. The molecule has 0 spiro atoms. The Bertz CT molecular complexity index is 955. The zero-order chi connectivity index (χ0) is 20.8. The van der Waals surface area contributed by atoms with Crippen LogP contribution in [0.5, 0.6) is 5.75 Å². The van der Waals surface area contributed by atoms with Crippen LogP contribution in [0.2, 0.25) is 5.02 Å². The number of amides is 2. The van der Waals surface area contributed by atoms with Crippen molar-refractivity contribution in [3.63, 3.8) is 0 Å². The van der Waals surface area contributed by atoms with Crippen LogP contribution in [0.3, 0.4) is 0 Å². The topological polar surface area (TPSA) is 59.4 Å². The zero-order valence-electron chi connectivity index (χ0n) is 16.8. The smallest absolute Gasteiger partial charge is 0.318 e. The van der Waals surface area contributed by atoms with Crippen LogP contribution in [-0.2, 0) is 6.54 Å². The summed E-state index contributed by atoms with van der Waals surface area (Å²) in [5, 5.41) is 8.02. The molecule has 1 N–H and O–H groups in total. The van der Waals surface area contributed by atoms with E-state index in [9.17, 15) is 4.79 Å². The second-order valence-corrected chi connectivity index (χ2v) is 7.10. The van der Waals surface area contributed by atoms with Crippen LogP contribution < -0.4 is 10.1 Å². The van der Waals surface area contributed by atoms with E-state index in [1.807, 2.05) is 68.6 Å². The number of urea groups is 1.